The quantitative estimate of drug-likeness (QED) is 0.325. The predicted molar refractivity (Wildman–Crippen MR) is 70.6 cm³/mol. The van der Waals surface area contributed by atoms with E-state index in [4.69, 9.17) is 0 Å². The van der Waals surface area contributed by atoms with E-state index >= 15 is 0 Å². The standard InChI is InChI=1S/C5H4N4S.C5H4N4/c10-5-6-1-3-4(9-5)8-2-7-3;1-4-5(8-2-6-1)9-3-7-4/h1-2H,(H2,6,7,8,9,10);1-3H,(H,6,7,8,9). The minimum atomic E-state index is 0.444. The van der Waals surface area contributed by atoms with Crippen LogP contribution in [0.15, 0.2) is 36.5 Å². The number of aromatic amines is 2. The Hall–Kier alpha value is -2.55. The fourth-order valence-electron chi connectivity index (χ4n) is 1.42. The number of thiol groups is 1. The van der Waals surface area contributed by atoms with Crippen molar-refractivity contribution in [1.82, 2.24) is 39.9 Å². The van der Waals surface area contributed by atoms with Gasteiger partial charge in [0.05, 0.1) is 25.0 Å². The van der Waals surface area contributed by atoms with E-state index in [-0.39, 0.29) is 0 Å². The molecule has 0 saturated heterocycles. The molecule has 0 atom stereocenters. The van der Waals surface area contributed by atoms with Gasteiger partial charge in [-0.25, -0.2) is 29.9 Å². The van der Waals surface area contributed by atoms with E-state index in [1.54, 1.807) is 25.0 Å². The molecule has 0 saturated carbocycles. The molecule has 0 aliphatic rings. The molecule has 0 aliphatic heterocycles. The van der Waals surface area contributed by atoms with Crippen molar-refractivity contribution in [2.45, 2.75) is 5.16 Å². The second-order valence-electron chi connectivity index (χ2n) is 3.47. The summed E-state index contributed by atoms with van der Waals surface area (Å²) in [5.41, 5.74) is 3.07. The lowest BCUT2D eigenvalue weighted by atomic mass is 10.6. The second kappa shape index (κ2) is 4.98. The van der Waals surface area contributed by atoms with Crippen molar-refractivity contribution in [2.24, 2.45) is 0 Å². The van der Waals surface area contributed by atoms with Crippen molar-refractivity contribution in [1.29, 1.82) is 0 Å². The lowest BCUT2D eigenvalue weighted by molar-refractivity contribution is 1.00. The predicted octanol–water partition coefficient (Wildman–Crippen LogP) is 0.994. The summed E-state index contributed by atoms with van der Waals surface area (Å²) in [5, 5.41) is 0.444. The summed E-state index contributed by atoms with van der Waals surface area (Å²) in [6.07, 6.45) is 7.99. The second-order valence-corrected chi connectivity index (χ2v) is 3.87. The van der Waals surface area contributed by atoms with Crippen LogP contribution in [0, 0.1) is 0 Å². The number of hydrogen-bond acceptors (Lipinski definition) is 7. The molecule has 0 aromatic carbocycles. The van der Waals surface area contributed by atoms with Gasteiger partial charge in [0.15, 0.2) is 16.5 Å². The molecule has 0 unspecified atom stereocenters. The first-order valence-corrected chi connectivity index (χ1v) is 5.72. The Morgan fingerprint density at radius 1 is 0.842 bits per heavy atom. The SMILES string of the molecule is Sc1ncc2[nH]cnc2n1.c1ncc2[nH]cnc2n1. The molecular formula is C10H8N8S. The van der Waals surface area contributed by atoms with Crippen molar-refractivity contribution < 1.29 is 0 Å². The van der Waals surface area contributed by atoms with Gasteiger partial charge in [-0.2, -0.15) is 0 Å². The lowest BCUT2D eigenvalue weighted by Crippen LogP contribution is -1.82. The van der Waals surface area contributed by atoms with Crippen LogP contribution in [-0.4, -0.2) is 39.9 Å². The van der Waals surface area contributed by atoms with Crippen LogP contribution in [0.1, 0.15) is 0 Å². The maximum atomic E-state index is 3.96. The molecule has 4 aromatic heterocycles. The highest BCUT2D eigenvalue weighted by Gasteiger charge is 1.96. The average Bonchev–Trinajstić information content (AvgIpc) is 3.07. The highest BCUT2D eigenvalue weighted by Crippen LogP contribution is 2.05. The van der Waals surface area contributed by atoms with Gasteiger partial charge in [-0.1, -0.05) is 0 Å². The Labute approximate surface area is 112 Å². The lowest BCUT2D eigenvalue weighted by Gasteiger charge is -1.86. The minimum absolute atomic E-state index is 0.444. The van der Waals surface area contributed by atoms with Crippen LogP contribution in [0.25, 0.3) is 22.3 Å². The van der Waals surface area contributed by atoms with E-state index in [9.17, 15) is 0 Å². The summed E-state index contributed by atoms with van der Waals surface area (Å²) in [4.78, 5) is 29.1. The zero-order chi connectivity index (χ0) is 13.1. The molecule has 4 rings (SSSR count). The molecule has 8 nitrogen and oxygen atoms in total. The molecule has 0 spiro atoms. The summed E-state index contributed by atoms with van der Waals surface area (Å²) in [6, 6.07) is 0. The van der Waals surface area contributed by atoms with Crippen LogP contribution in [-0.2, 0) is 0 Å². The number of fused-ring (bicyclic) bond motifs is 2. The Kier molecular flexibility index (Phi) is 3.02. The average molecular weight is 272 g/mol. The monoisotopic (exact) mass is 272 g/mol. The number of imidazole rings is 2. The number of rotatable bonds is 0. The van der Waals surface area contributed by atoms with E-state index in [1.807, 2.05) is 0 Å². The van der Waals surface area contributed by atoms with Gasteiger partial charge in [-0.3, -0.25) is 0 Å². The third kappa shape index (κ3) is 2.50. The van der Waals surface area contributed by atoms with E-state index in [1.165, 1.54) is 6.33 Å². The number of nitrogens with one attached hydrogen (secondary N) is 2. The van der Waals surface area contributed by atoms with Gasteiger partial charge in [0.1, 0.15) is 17.4 Å². The smallest absolute Gasteiger partial charge is 0.186 e. The Morgan fingerprint density at radius 2 is 1.58 bits per heavy atom. The maximum Gasteiger partial charge on any atom is 0.186 e. The van der Waals surface area contributed by atoms with Gasteiger partial charge < -0.3 is 9.97 Å². The maximum absolute atomic E-state index is 3.96. The molecule has 2 N–H and O–H groups in total. The zero-order valence-electron chi connectivity index (χ0n) is 9.52. The van der Waals surface area contributed by atoms with E-state index in [0.29, 0.717) is 16.5 Å². The Bertz CT molecular complexity index is 777. The highest BCUT2D eigenvalue weighted by molar-refractivity contribution is 7.80. The Morgan fingerprint density at radius 3 is 2.37 bits per heavy atom. The third-order valence-corrected chi connectivity index (χ3v) is 2.48. The summed E-state index contributed by atoms with van der Waals surface area (Å²) >= 11 is 3.96. The molecular weight excluding hydrogens is 264 g/mol. The van der Waals surface area contributed by atoms with Crippen molar-refractivity contribution in [3.63, 3.8) is 0 Å². The first-order chi connectivity index (χ1) is 9.33. The molecule has 94 valence electrons. The minimum Gasteiger partial charge on any atom is -0.342 e. The van der Waals surface area contributed by atoms with Crippen LogP contribution >= 0.6 is 12.6 Å². The first kappa shape index (κ1) is 11.5. The van der Waals surface area contributed by atoms with Gasteiger partial charge in [0.2, 0.25) is 0 Å². The number of hydrogen-bond donors (Lipinski definition) is 3. The topological polar surface area (TPSA) is 109 Å². The van der Waals surface area contributed by atoms with Gasteiger partial charge in [0, 0.05) is 0 Å². The van der Waals surface area contributed by atoms with Gasteiger partial charge >= 0.3 is 0 Å². The first-order valence-electron chi connectivity index (χ1n) is 5.27. The normalized spacial score (nSPS) is 10.4. The van der Waals surface area contributed by atoms with Gasteiger partial charge in [0.25, 0.3) is 0 Å². The van der Waals surface area contributed by atoms with Gasteiger partial charge in [-0.15, -0.1) is 12.6 Å². The number of aromatic nitrogens is 8. The fourth-order valence-corrected chi connectivity index (χ4v) is 1.57. The van der Waals surface area contributed by atoms with E-state index in [0.717, 1.165) is 11.0 Å². The van der Waals surface area contributed by atoms with Crippen molar-refractivity contribution in [3.8, 4) is 0 Å². The van der Waals surface area contributed by atoms with Crippen LogP contribution in [0.2, 0.25) is 0 Å². The Balaban J connectivity index is 0.000000117. The van der Waals surface area contributed by atoms with Crippen LogP contribution in [0.4, 0.5) is 0 Å². The summed E-state index contributed by atoms with van der Waals surface area (Å²) < 4.78 is 0. The number of H-pyrrole nitrogens is 2. The molecule has 0 amide bonds. The van der Waals surface area contributed by atoms with Crippen molar-refractivity contribution in [2.75, 3.05) is 0 Å². The molecule has 4 heterocycles. The van der Waals surface area contributed by atoms with Gasteiger partial charge in [-0.05, 0) is 0 Å². The van der Waals surface area contributed by atoms with Crippen LogP contribution in [0.5, 0.6) is 0 Å². The third-order valence-electron chi connectivity index (χ3n) is 2.26. The van der Waals surface area contributed by atoms with Crippen molar-refractivity contribution in [3.05, 3.63) is 31.4 Å². The summed E-state index contributed by atoms with van der Waals surface area (Å²) in [6.45, 7) is 0. The summed E-state index contributed by atoms with van der Waals surface area (Å²) in [7, 11) is 0. The molecule has 0 aliphatic carbocycles. The van der Waals surface area contributed by atoms with E-state index in [2.05, 4.69) is 52.5 Å². The molecule has 0 radical (unpaired) electrons. The molecule has 0 fully saturated rings. The van der Waals surface area contributed by atoms with Crippen LogP contribution < -0.4 is 0 Å². The van der Waals surface area contributed by atoms with Crippen LogP contribution in [0.3, 0.4) is 0 Å². The fraction of sp³-hybridized carbons (Fsp3) is 0. The van der Waals surface area contributed by atoms with E-state index < -0.39 is 0 Å². The number of nitrogens with zero attached hydrogens (tertiary/aromatic N) is 6. The van der Waals surface area contributed by atoms with Crippen molar-refractivity contribution >= 4 is 35.0 Å². The molecule has 9 heteroatoms. The molecule has 4 aromatic rings. The summed E-state index contributed by atoms with van der Waals surface area (Å²) in [5.74, 6) is 0. The molecule has 19 heavy (non-hydrogen) atoms. The largest absolute Gasteiger partial charge is 0.342 e. The molecule has 0 bridgehead atoms. The highest BCUT2D eigenvalue weighted by atomic mass is 32.1. The zero-order valence-corrected chi connectivity index (χ0v) is 10.4.